The van der Waals surface area contributed by atoms with Gasteiger partial charge < -0.3 is 10.2 Å². The van der Waals surface area contributed by atoms with Crippen LogP contribution < -0.4 is 5.32 Å². The Kier molecular flexibility index (Phi) is 3.21. The van der Waals surface area contributed by atoms with Crippen molar-refractivity contribution in [1.29, 1.82) is 0 Å². The van der Waals surface area contributed by atoms with Crippen molar-refractivity contribution in [3.05, 3.63) is 22.4 Å². The van der Waals surface area contributed by atoms with Gasteiger partial charge in [-0.1, -0.05) is 0 Å². The first-order chi connectivity index (χ1) is 6.75. The van der Waals surface area contributed by atoms with Crippen molar-refractivity contribution in [2.75, 3.05) is 20.1 Å². The van der Waals surface area contributed by atoms with Crippen LogP contribution in [0, 0.1) is 0 Å². The number of hydrogen-bond donors (Lipinski definition) is 1. The quantitative estimate of drug-likeness (QED) is 0.822. The molecule has 0 bridgehead atoms. The van der Waals surface area contributed by atoms with Gasteiger partial charge in [0.15, 0.2) is 0 Å². The van der Waals surface area contributed by atoms with Crippen LogP contribution >= 0.6 is 11.3 Å². The maximum atomic E-state index is 3.68. The molecule has 0 aromatic carbocycles. The molecule has 2 atom stereocenters. The lowest BCUT2D eigenvalue weighted by atomic mass is 10.1. The smallest absolute Gasteiger partial charge is 0.0303 e. The maximum absolute atomic E-state index is 3.68. The summed E-state index contributed by atoms with van der Waals surface area (Å²) in [6, 6.07) is 3.38. The van der Waals surface area contributed by atoms with E-state index in [-0.39, 0.29) is 0 Å². The molecule has 0 aliphatic carbocycles. The molecule has 0 spiro atoms. The van der Waals surface area contributed by atoms with Crippen LogP contribution in [0.5, 0.6) is 0 Å². The van der Waals surface area contributed by atoms with Gasteiger partial charge in [0.05, 0.1) is 0 Å². The molecule has 3 heteroatoms. The fraction of sp³-hybridized carbons (Fsp3) is 0.636. The summed E-state index contributed by atoms with van der Waals surface area (Å²) in [6.45, 7) is 4.67. The number of nitrogens with one attached hydrogen (secondary N) is 1. The summed E-state index contributed by atoms with van der Waals surface area (Å²) in [6.07, 6.45) is 1.28. The molecule has 2 heterocycles. The first-order valence-electron chi connectivity index (χ1n) is 5.22. The van der Waals surface area contributed by atoms with Crippen molar-refractivity contribution < 1.29 is 0 Å². The second-order valence-corrected chi connectivity index (χ2v) is 4.97. The van der Waals surface area contributed by atoms with E-state index < -0.39 is 0 Å². The van der Waals surface area contributed by atoms with Crippen molar-refractivity contribution in [1.82, 2.24) is 10.2 Å². The van der Waals surface area contributed by atoms with E-state index in [1.807, 2.05) is 0 Å². The van der Waals surface area contributed by atoms with Crippen LogP contribution in [0.25, 0.3) is 0 Å². The largest absolute Gasteiger partial charge is 0.306 e. The lowest BCUT2D eigenvalue weighted by Crippen LogP contribution is -2.33. The van der Waals surface area contributed by atoms with E-state index in [9.17, 15) is 0 Å². The number of rotatable bonds is 3. The van der Waals surface area contributed by atoms with Gasteiger partial charge in [0.2, 0.25) is 0 Å². The highest BCUT2D eigenvalue weighted by atomic mass is 32.1. The van der Waals surface area contributed by atoms with Crippen LogP contribution in [0.3, 0.4) is 0 Å². The monoisotopic (exact) mass is 210 g/mol. The Bertz CT molecular complexity index is 271. The molecule has 2 nitrogen and oxygen atoms in total. The highest BCUT2D eigenvalue weighted by Gasteiger charge is 2.20. The van der Waals surface area contributed by atoms with E-state index in [4.69, 9.17) is 0 Å². The molecular formula is C11H18N2S. The summed E-state index contributed by atoms with van der Waals surface area (Å²) >= 11 is 1.78. The molecule has 1 aliphatic heterocycles. The van der Waals surface area contributed by atoms with Gasteiger partial charge in [0, 0.05) is 18.6 Å². The van der Waals surface area contributed by atoms with E-state index in [0.717, 1.165) is 0 Å². The van der Waals surface area contributed by atoms with Gasteiger partial charge in [-0.2, -0.15) is 11.3 Å². The molecule has 0 amide bonds. The SMILES string of the molecule is CC(NC1CCN(C)C1)c1ccsc1. The molecule has 1 N–H and O–H groups in total. The summed E-state index contributed by atoms with van der Waals surface area (Å²) < 4.78 is 0. The fourth-order valence-corrected chi connectivity index (χ4v) is 2.80. The standard InChI is InChI=1S/C11H18N2S/c1-9(10-4-6-14-8-10)12-11-3-5-13(2)7-11/h4,6,8-9,11-12H,3,5,7H2,1-2H3. The van der Waals surface area contributed by atoms with Crippen LogP contribution in [-0.4, -0.2) is 31.1 Å². The van der Waals surface area contributed by atoms with Crippen LogP contribution in [0.1, 0.15) is 24.9 Å². The van der Waals surface area contributed by atoms with Gasteiger partial charge >= 0.3 is 0 Å². The molecule has 1 aliphatic rings. The second kappa shape index (κ2) is 4.43. The third kappa shape index (κ3) is 2.35. The number of likely N-dealkylation sites (tertiary alicyclic amines) is 1. The number of nitrogens with zero attached hydrogens (tertiary/aromatic N) is 1. The molecule has 2 unspecified atom stereocenters. The summed E-state index contributed by atoms with van der Waals surface area (Å²) in [7, 11) is 2.19. The van der Waals surface area contributed by atoms with E-state index >= 15 is 0 Å². The number of likely N-dealkylation sites (N-methyl/N-ethyl adjacent to an activating group) is 1. The third-order valence-electron chi connectivity index (χ3n) is 2.92. The average Bonchev–Trinajstić information content (AvgIpc) is 2.75. The summed E-state index contributed by atoms with van der Waals surface area (Å²) in [5.41, 5.74) is 1.42. The van der Waals surface area contributed by atoms with Crippen LogP contribution in [0.15, 0.2) is 16.8 Å². The Balaban J connectivity index is 1.86. The first-order valence-corrected chi connectivity index (χ1v) is 6.16. The zero-order valence-corrected chi connectivity index (χ0v) is 9.68. The predicted octanol–water partition coefficient (Wildman–Crippen LogP) is 2.10. The van der Waals surface area contributed by atoms with Crippen LogP contribution in [0.2, 0.25) is 0 Å². The Morgan fingerprint density at radius 1 is 1.64 bits per heavy atom. The van der Waals surface area contributed by atoms with E-state index in [1.54, 1.807) is 11.3 Å². The highest BCUT2D eigenvalue weighted by Crippen LogP contribution is 2.18. The summed E-state index contributed by atoms with van der Waals surface area (Å²) in [5, 5.41) is 8.06. The van der Waals surface area contributed by atoms with E-state index in [0.29, 0.717) is 12.1 Å². The summed E-state index contributed by atoms with van der Waals surface area (Å²) in [5.74, 6) is 0. The Morgan fingerprint density at radius 2 is 2.50 bits per heavy atom. The zero-order valence-electron chi connectivity index (χ0n) is 8.86. The molecule has 78 valence electrons. The lowest BCUT2D eigenvalue weighted by Gasteiger charge is -2.18. The molecule has 14 heavy (non-hydrogen) atoms. The van der Waals surface area contributed by atoms with Gasteiger partial charge in [-0.3, -0.25) is 0 Å². The van der Waals surface area contributed by atoms with Gasteiger partial charge in [-0.05, 0) is 49.3 Å². The Morgan fingerprint density at radius 3 is 3.07 bits per heavy atom. The second-order valence-electron chi connectivity index (χ2n) is 4.19. The molecule has 1 aromatic rings. The van der Waals surface area contributed by atoms with E-state index in [1.165, 1.54) is 25.1 Å². The number of thiophene rings is 1. The minimum absolute atomic E-state index is 0.498. The molecule has 2 rings (SSSR count). The normalized spacial score (nSPS) is 25.4. The third-order valence-corrected chi connectivity index (χ3v) is 3.62. The lowest BCUT2D eigenvalue weighted by molar-refractivity contribution is 0.387. The Labute approximate surface area is 89.9 Å². The molecule has 1 aromatic heterocycles. The summed E-state index contributed by atoms with van der Waals surface area (Å²) in [4.78, 5) is 2.39. The van der Waals surface area contributed by atoms with Crippen molar-refractivity contribution in [3.8, 4) is 0 Å². The van der Waals surface area contributed by atoms with Gasteiger partial charge in [-0.15, -0.1) is 0 Å². The van der Waals surface area contributed by atoms with Crippen LogP contribution in [-0.2, 0) is 0 Å². The molecule has 0 saturated carbocycles. The number of hydrogen-bond acceptors (Lipinski definition) is 3. The highest BCUT2D eigenvalue weighted by molar-refractivity contribution is 7.07. The van der Waals surface area contributed by atoms with Crippen molar-refractivity contribution in [3.63, 3.8) is 0 Å². The predicted molar refractivity (Wildman–Crippen MR) is 61.8 cm³/mol. The van der Waals surface area contributed by atoms with Crippen LogP contribution in [0.4, 0.5) is 0 Å². The van der Waals surface area contributed by atoms with Crippen molar-refractivity contribution in [2.24, 2.45) is 0 Å². The Hall–Kier alpha value is -0.380. The molecule has 0 radical (unpaired) electrons. The molecule has 1 fully saturated rings. The topological polar surface area (TPSA) is 15.3 Å². The molecular weight excluding hydrogens is 192 g/mol. The van der Waals surface area contributed by atoms with Gasteiger partial charge in [0.1, 0.15) is 0 Å². The van der Waals surface area contributed by atoms with Crippen molar-refractivity contribution in [2.45, 2.75) is 25.4 Å². The average molecular weight is 210 g/mol. The van der Waals surface area contributed by atoms with E-state index in [2.05, 4.69) is 41.0 Å². The fourth-order valence-electron chi connectivity index (χ4n) is 2.04. The molecule has 1 saturated heterocycles. The van der Waals surface area contributed by atoms with Crippen molar-refractivity contribution >= 4 is 11.3 Å². The van der Waals surface area contributed by atoms with Gasteiger partial charge in [0.25, 0.3) is 0 Å². The minimum Gasteiger partial charge on any atom is -0.306 e. The van der Waals surface area contributed by atoms with Gasteiger partial charge in [-0.25, -0.2) is 0 Å². The first kappa shape index (κ1) is 10.1. The minimum atomic E-state index is 0.498. The maximum Gasteiger partial charge on any atom is 0.0303 e. The zero-order chi connectivity index (χ0) is 9.97.